The largest absolute Gasteiger partial charge is 0.481 e. The van der Waals surface area contributed by atoms with Crippen molar-refractivity contribution in [1.82, 2.24) is 10.2 Å². The highest BCUT2D eigenvalue weighted by molar-refractivity contribution is 5.88. The number of carbonyl (C=O) groups is 2. The van der Waals surface area contributed by atoms with Crippen LogP contribution in [0, 0.1) is 12.7 Å². The highest BCUT2D eigenvalue weighted by Gasteiger charge is 2.31. The molecule has 1 atom stereocenters. The van der Waals surface area contributed by atoms with Gasteiger partial charge < -0.3 is 15.0 Å². The van der Waals surface area contributed by atoms with Gasteiger partial charge in [0.15, 0.2) is 18.2 Å². The van der Waals surface area contributed by atoms with Crippen molar-refractivity contribution in [2.75, 3.05) is 6.61 Å². The van der Waals surface area contributed by atoms with Crippen LogP contribution < -0.4 is 10.1 Å². The molecule has 3 rings (SSSR count). The average molecular weight is 463 g/mol. The third-order valence-corrected chi connectivity index (χ3v) is 5.36. The van der Waals surface area contributed by atoms with Crippen molar-refractivity contribution in [2.45, 2.75) is 45.8 Å². The first-order chi connectivity index (χ1) is 16.3. The molecule has 0 saturated carbocycles. The second kappa shape index (κ2) is 12.0. The van der Waals surface area contributed by atoms with E-state index in [0.717, 1.165) is 16.7 Å². The zero-order chi connectivity index (χ0) is 24.5. The average Bonchev–Trinajstić information content (AvgIpc) is 2.82. The Morgan fingerprint density at radius 2 is 1.56 bits per heavy atom. The van der Waals surface area contributed by atoms with Crippen LogP contribution in [-0.4, -0.2) is 35.4 Å². The summed E-state index contributed by atoms with van der Waals surface area (Å²) in [5.74, 6) is -1.19. The van der Waals surface area contributed by atoms with E-state index in [2.05, 4.69) is 5.32 Å². The quantitative estimate of drug-likeness (QED) is 0.476. The first kappa shape index (κ1) is 25.0. The number of aryl methyl sites for hydroxylation is 1. The van der Waals surface area contributed by atoms with Crippen molar-refractivity contribution in [3.8, 4) is 5.75 Å². The minimum absolute atomic E-state index is 0.00243. The van der Waals surface area contributed by atoms with Crippen molar-refractivity contribution in [3.05, 3.63) is 101 Å². The second-order valence-corrected chi connectivity index (χ2v) is 8.60. The van der Waals surface area contributed by atoms with Gasteiger partial charge in [0.2, 0.25) is 5.91 Å². The Bertz CT molecular complexity index is 1080. The number of benzene rings is 3. The summed E-state index contributed by atoms with van der Waals surface area (Å²) in [7, 11) is 0. The molecule has 0 aliphatic heterocycles. The number of rotatable bonds is 10. The van der Waals surface area contributed by atoms with Crippen LogP contribution in [0.5, 0.6) is 5.75 Å². The number of para-hydroxylation sites is 1. The Morgan fingerprint density at radius 1 is 0.912 bits per heavy atom. The predicted octanol–water partition coefficient (Wildman–Crippen LogP) is 4.68. The number of hydrogen-bond donors (Lipinski definition) is 1. The van der Waals surface area contributed by atoms with E-state index in [4.69, 9.17) is 4.74 Å². The van der Waals surface area contributed by atoms with E-state index < -0.39 is 17.8 Å². The molecule has 6 heteroatoms. The maximum Gasteiger partial charge on any atom is 0.261 e. The lowest BCUT2D eigenvalue weighted by Gasteiger charge is -2.32. The molecule has 0 spiro atoms. The van der Waals surface area contributed by atoms with E-state index in [1.54, 1.807) is 12.1 Å². The Kier molecular flexibility index (Phi) is 8.79. The van der Waals surface area contributed by atoms with Gasteiger partial charge in [0.25, 0.3) is 5.91 Å². The van der Waals surface area contributed by atoms with Gasteiger partial charge >= 0.3 is 0 Å². The van der Waals surface area contributed by atoms with Crippen molar-refractivity contribution in [1.29, 1.82) is 0 Å². The zero-order valence-corrected chi connectivity index (χ0v) is 19.8. The fraction of sp³-hybridized carbons (Fsp3) is 0.286. The topological polar surface area (TPSA) is 58.6 Å². The molecule has 2 amide bonds. The normalized spacial score (nSPS) is 11.7. The minimum atomic E-state index is -0.761. The van der Waals surface area contributed by atoms with Crippen molar-refractivity contribution in [2.24, 2.45) is 0 Å². The Balaban J connectivity index is 1.91. The van der Waals surface area contributed by atoms with E-state index in [1.165, 1.54) is 17.0 Å². The van der Waals surface area contributed by atoms with Crippen molar-refractivity contribution in [3.63, 3.8) is 0 Å². The Hall–Kier alpha value is -3.67. The number of hydrogen-bond acceptors (Lipinski definition) is 3. The molecule has 0 aromatic heterocycles. The van der Waals surface area contributed by atoms with E-state index in [1.807, 2.05) is 75.4 Å². The highest BCUT2D eigenvalue weighted by Crippen LogP contribution is 2.18. The van der Waals surface area contributed by atoms with E-state index >= 15 is 0 Å². The predicted molar refractivity (Wildman–Crippen MR) is 131 cm³/mol. The number of nitrogens with zero attached hydrogens (tertiary/aromatic N) is 1. The van der Waals surface area contributed by atoms with Crippen LogP contribution in [0.25, 0.3) is 0 Å². The molecule has 5 nitrogen and oxygen atoms in total. The van der Waals surface area contributed by atoms with Gasteiger partial charge in [-0.1, -0.05) is 72.3 Å². The van der Waals surface area contributed by atoms with Crippen molar-refractivity contribution < 1.29 is 18.7 Å². The molecule has 0 fully saturated rings. The smallest absolute Gasteiger partial charge is 0.261 e. The fourth-order valence-corrected chi connectivity index (χ4v) is 3.61. The van der Waals surface area contributed by atoms with Gasteiger partial charge in [-0.15, -0.1) is 0 Å². The van der Waals surface area contributed by atoms with Crippen LogP contribution >= 0.6 is 0 Å². The van der Waals surface area contributed by atoms with Gasteiger partial charge in [-0.2, -0.15) is 0 Å². The summed E-state index contributed by atoms with van der Waals surface area (Å²) >= 11 is 0. The maximum absolute atomic E-state index is 14.0. The lowest BCUT2D eigenvalue weighted by atomic mass is 10.0. The summed E-state index contributed by atoms with van der Waals surface area (Å²) < 4.78 is 19.5. The molecule has 0 heterocycles. The molecular weight excluding hydrogens is 431 g/mol. The minimum Gasteiger partial charge on any atom is -0.481 e. The lowest BCUT2D eigenvalue weighted by Crippen LogP contribution is -2.52. The summed E-state index contributed by atoms with van der Waals surface area (Å²) in [6.07, 6.45) is 0.344. The monoisotopic (exact) mass is 462 g/mol. The first-order valence-electron chi connectivity index (χ1n) is 11.4. The molecule has 3 aromatic carbocycles. The standard InChI is InChI=1S/C28H31FN2O3/c1-20(2)30-28(33)25(17-22-9-5-4-6-10-22)31(18-23-15-13-21(3)14-16-23)27(32)19-34-26-12-8-7-11-24(26)29/h4-16,20,25H,17-19H2,1-3H3,(H,30,33)/t25-/m1/s1. The summed E-state index contributed by atoms with van der Waals surface area (Å²) in [4.78, 5) is 28.2. The van der Waals surface area contributed by atoms with E-state index in [-0.39, 0.29) is 30.9 Å². The molecule has 0 radical (unpaired) electrons. The molecule has 0 aliphatic rings. The number of amides is 2. The third kappa shape index (κ3) is 7.17. The van der Waals surface area contributed by atoms with Gasteiger partial charge in [0, 0.05) is 19.0 Å². The zero-order valence-electron chi connectivity index (χ0n) is 19.8. The van der Waals surface area contributed by atoms with Gasteiger partial charge in [-0.3, -0.25) is 9.59 Å². The van der Waals surface area contributed by atoms with Crippen LogP contribution in [0.3, 0.4) is 0 Å². The second-order valence-electron chi connectivity index (χ2n) is 8.60. The van der Waals surface area contributed by atoms with Crippen molar-refractivity contribution >= 4 is 11.8 Å². The van der Waals surface area contributed by atoms with E-state index in [9.17, 15) is 14.0 Å². The number of halogens is 1. The number of ether oxygens (including phenoxy) is 1. The molecule has 1 N–H and O–H groups in total. The number of carbonyl (C=O) groups excluding carboxylic acids is 2. The molecule has 178 valence electrons. The van der Waals surface area contributed by atoms with E-state index in [0.29, 0.717) is 6.42 Å². The summed E-state index contributed by atoms with van der Waals surface area (Å²) in [5.41, 5.74) is 2.92. The molecule has 0 bridgehead atoms. The molecule has 34 heavy (non-hydrogen) atoms. The summed E-state index contributed by atoms with van der Waals surface area (Å²) in [6.45, 7) is 5.59. The fourth-order valence-electron chi connectivity index (χ4n) is 3.61. The highest BCUT2D eigenvalue weighted by atomic mass is 19.1. The molecule has 3 aromatic rings. The van der Waals surface area contributed by atoms with Crippen LogP contribution in [0.1, 0.15) is 30.5 Å². The van der Waals surface area contributed by atoms with Gasteiger partial charge in [-0.05, 0) is 44.0 Å². The maximum atomic E-state index is 14.0. The van der Waals surface area contributed by atoms with Crippen LogP contribution in [0.15, 0.2) is 78.9 Å². The van der Waals surface area contributed by atoms with Crippen LogP contribution in [0.2, 0.25) is 0 Å². The molecule has 0 unspecified atom stereocenters. The van der Waals surface area contributed by atoms with Crippen LogP contribution in [-0.2, 0) is 22.6 Å². The lowest BCUT2D eigenvalue weighted by molar-refractivity contribution is -0.143. The molecule has 0 aliphatic carbocycles. The first-order valence-corrected chi connectivity index (χ1v) is 11.4. The number of nitrogens with one attached hydrogen (secondary N) is 1. The Labute approximate surface area is 200 Å². The van der Waals surface area contributed by atoms with Gasteiger partial charge in [0.1, 0.15) is 6.04 Å². The van der Waals surface area contributed by atoms with Gasteiger partial charge in [0.05, 0.1) is 0 Å². The molecule has 0 saturated heterocycles. The third-order valence-electron chi connectivity index (χ3n) is 5.36. The van der Waals surface area contributed by atoms with Crippen LogP contribution in [0.4, 0.5) is 4.39 Å². The van der Waals surface area contributed by atoms with Gasteiger partial charge in [-0.25, -0.2) is 4.39 Å². The summed E-state index contributed by atoms with van der Waals surface area (Å²) in [5, 5.41) is 2.94. The SMILES string of the molecule is Cc1ccc(CN(C(=O)COc2ccccc2F)[C@H](Cc2ccccc2)C(=O)NC(C)C)cc1. The summed E-state index contributed by atoms with van der Waals surface area (Å²) in [6, 6.07) is 22.5. The Morgan fingerprint density at radius 3 is 2.21 bits per heavy atom. The molecular formula is C28H31FN2O3.